The van der Waals surface area contributed by atoms with Gasteiger partial charge in [-0.15, -0.1) is 11.3 Å². The van der Waals surface area contributed by atoms with Crippen LogP contribution in [0, 0.1) is 5.82 Å². The smallest absolute Gasteiger partial charge is 0.365 e. The Balaban J connectivity index is 2.41. The van der Waals surface area contributed by atoms with Gasteiger partial charge in [-0.25, -0.2) is 14.2 Å². The number of rotatable bonds is 2. The van der Waals surface area contributed by atoms with E-state index in [1.807, 2.05) is 0 Å². The molecule has 0 spiro atoms. The van der Waals surface area contributed by atoms with E-state index in [9.17, 15) is 9.18 Å². The first-order valence-corrected chi connectivity index (χ1v) is 4.93. The van der Waals surface area contributed by atoms with Crippen LogP contribution in [0.1, 0.15) is 9.80 Å². The number of thiazole rings is 1. The van der Waals surface area contributed by atoms with Gasteiger partial charge in [-0.3, -0.25) is 0 Å². The first-order chi connectivity index (χ1) is 7.16. The molecule has 1 aromatic carbocycles. The summed E-state index contributed by atoms with van der Waals surface area (Å²) in [5.41, 5.74) is 0.639. The summed E-state index contributed by atoms with van der Waals surface area (Å²) >= 11 is 1.03. The third-order valence-corrected chi connectivity index (χ3v) is 2.83. The lowest BCUT2D eigenvalue weighted by atomic mass is 10.2. The molecule has 0 aliphatic rings. The Labute approximate surface area is 88.8 Å². The molecule has 1 N–H and O–H groups in total. The van der Waals surface area contributed by atoms with E-state index >= 15 is 0 Å². The maximum absolute atomic E-state index is 12.9. The second-order valence-corrected chi connectivity index (χ2v) is 3.88. The van der Waals surface area contributed by atoms with Gasteiger partial charge in [0.1, 0.15) is 5.82 Å². The average molecular weight is 223 g/mol. The molecule has 0 radical (unpaired) electrons. The SMILES string of the molecule is O=C(O)c1ncc(-c2cccc(F)c2)s1. The van der Waals surface area contributed by atoms with Crippen molar-refractivity contribution < 1.29 is 14.3 Å². The Morgan fingerprint density at radius 2 is 2.27 bits per heavy atom. The molecule has 15 heavy (non-hydrogen) atoms. The van der Waals surface area contributed by atoms with E-state index in [0.29, 0.717) is 10.4 Å². The normalized spacial score (nSPS) is 10.2. The Kier molecular flexibility index (Phi) is 2.47. The maximum Gasteiger partial charge on any atom is 0.365 e. The molecule has 1 heterocycles. The van der Waals surface area contributed by atoms with Crippen molar-refractivity contribution in [2.75, 3.05) is 0 Å². The minimum absolute atomic E-state index is 0.00858. The van der Waals surface area contributed by atoms with Crippen LogP contribution < -0.4 is 0 Å². The average Bonchev–Trinajstić information content (AvgIpc) is 2.66. The molecule has 0 bridgehead atoms. The third-order valence-electron chi connectivity index (χ3n) is 1.80. The van der Waals surface area contributed by atoms with Crippen LogP contribution in [0.3, 0.4) is 0 Å². The summed E-state index contributed by atoms with van der Waals surface area (Å²) in [6.07, 6.45) is 1.43. The second kappa shape index (κ2) is 3.78. The molecule has 2 rings (SSSR count). The Morgan fingerprint density at radius 3 is 2.87 bits per heavy atom. The maximum atomic E-state index is 12.9. The van der Waals surface area contributed by atoms with Gasteiger partial charge < -0.3 is 5.11 Å². The van der Waals surface area contributed by atoms with Gasteiger partial charge in [0.05, 0.1) is 4.88 Å². The minimum atomic E-state index is -1.07. The summed E-state index contributed by atoms with van der Waals surface area (Å²) < 4.78 is 12.9. The first-order valence-electron chi connectivity index (χ1n) is 4.12. The largest absolute Gasteiger partial charge is 0.476 e. The number of aromatic carboxylic acids is 1. The molecule has 5 heteroatoms. The highest BCUT2D eigenvalue weighted by Gasteiger charge is 2.10. The van der Waals surface area contributed by atoms with Crippen molar-refractivity contribution in [3.63, 3.8) is 0 Å². The molecule has 0 saturated heterocycles. The van der Waals surface area contributed by atoms with Gasteiger partial charge in [-0.2, -0.15) is 0 Å². The number of nitrogens with zero attached hydrogens (tertiary/aromatic N) is 1. The number of benzene rings is 1. The summed E-state index contributed by atoms with van der Waals surface area (Å²) in [4.78, 5) is 14.9. The van der Waals surface area contributed by atoms with Crippen LogP contribution in [-0.2, 0) is 0 Å². The summed E-state index contributed by atoms with van der Waals surface area (Å²) in [5, 5.41) is 8.68. The van der Waals surface area contributed by atoms with Crippen LogP contribution in [0.4, 0.5) is 4.39 Å². The zero-order valence-corrected chi connectivity index (χ0v) is 8.29. The van der Waals surface area contributed by atoms with Gasteiger partial charge in [0.15, 0.2) is 0 Å². The van der Waals surface area contributed by atoms with Crippen molar-refractivity contribution in [2.45, 2.75) is 0 Å². The lowest BCUT2D eigenvalue weighted by molar-refractivity contribution is 0.0696. The zero-order chi connectivity index (χ0) is 10.8. The first kappa shape index (κ1) is 9.79. The molecular formula is C10H6FNO2S. The lowest BCUT2D eigenvalue weighted by Crippen LogP contribution is -1.92. The number of carboxylic acids is 1. The minimum Gasteiger partial charge on any atom is -0.476 e. The molecule has 0 unspecified atom stereocenters. The van der Waals surface area contributed by atoms with Gasteiger partial charge in [-0.1, -0.05) is 12.1 Å². The molecule has 0 aliphatic heterocycles. The fraction of sp³-hybridized carbons (Fsp3) is 0. The number of carbonyl (C=O) groups is 1. The standard InChI is InChI=1S/C10H6FNO2S/c11-7-3-1-2-6(4-7)8-5-12-9(15-8)10(13)14/h1-5H,(H,13,14). The van der Waals surface area contributed by atoms with E-state index in [-0.39, 0.29) is 10.8 Å². The fourth-order valence-electron chi connectivity index (χ4n) is 1.15. The van der Waals surface area contributed by atoms with Crippen molar-refractivity contribution in [3.8, 4) is 10.4 Å². The molecule has 1 aromatic heterocycles. The van der Waals surface area contributed by atoms with Crippen LogP contribution in [0.2, 0.25) is 0 Å². The Hall–Kier alpha value is -1.75. The van der Waals surface area contributed by atoms with Gasteiger partial charge >= 0.3 is 5.97 Å². The molecular weight excluding hydrogens is 217 g/mol. The molecule has 3 nitrogen and oxygen atoms in total. The Morgan fingerprint density at radius 1 is 1.47 bits per heavy atom. The van der Waals surface area contributed by atoms with Gasteiger partial charge in [0.25, 0.3) is 0 Å². The van der Waals surface area contributed by atoms with E-state index in [0.717, 1.165) is 11.3 Å². The van der Waals surface area contributed by atoms with Crippen LogP contribution in [0.5, 0.6) is 0 Å². The van der Waals surface area contributed by atoms with Crippen molar-refractivity contribution >= 4 is 17.3 Å². The van der Waals surface area contributed by atoms with Gasteiger partial charge in [-0.05, 0) is 17.7 Å². The fourth-order valence-corrected chi connectivity index (χ4v) is 1.90. The monoisotopic (exact) mass is 223 g/mol. The van der Waals surface area contributed by atoms with Crippen LogP contribution >= 0.6 is 11.3 Å². The predicted molar refractivity (Wildman–Crippen MR) is 54.5 cm³/mol. The number of aromatic nitrogens is 1. The molecule has 0 fully saturated rings. The Bertz CT molecular complexity index is 510. The van der Waals surface area contributed by atoms with Crippen LogP contribution in [0.15, 0.2) is 30.5 Å². The summed E-state index contributed by atoms with van der Waals surface area (Å²) in [6.45, 7) is 0. The van der Waals surface area contributed by atoms with E-state index in [1.54, 1.807) is 12.1 Å². The van der Waals surface area contributed by atoms with E-state index in [1.165, 1.54) is 18.3 Å². The van der Waals surface area contributed by atoms with Crippen LogP contribution in [0.25, 0.3) is 10.4 Å². The highest BCUT2D eigenvalue weighted by molar-refractivity contribution is 7.16. The second-order valence-electron chi connectivity index (χ2n) is 2.85. The predicted octanol–water partition coefficient (Wildman–Crippen LogP) is 2.65. The highest BCUT2D eigenvalue weighted by atomic mass is 32.1. The van der Waals surface area contributed by atoms with Crippen LogP contribution in [-0.4, -0.2) is 16.1 Å². The molecule has 0 saturated carbocycles. The number of carboxylic acid groups (broad SMARTS) is 1. The molecule has 2 aromatic rings. The summed E-state index contributed by atoms with van der Waals surface area (Å²) in [5.74, 6) is -1.42. The van der Waals surface area contributed by atoms with E-state index in [4.69, 9.17) is 5.11 Å². The highest BCUT2D eigenvalue weighted by Crippen LogP contribution is 2.26. The molecule has 76 valence electrons. The lowest BCUT2D eigenvalue weighted by Gasteiger charge is -1.94. The van der Waals surface area contributed by atoms with Gasteiger partial charge in [0, 0.05) is 6.20 Å². The molecule has 0 atom stereocenters. The number of hydrogen-bond acceptors (Lipinski definition) is 3. The topological polar surface area (TPSA) is 50.2 Å². The van der Waals surface area contributed by atoms with E-state index in [2.05, 4.69) is 4.98 Å². The van der Waals surface area contributed by atoms with Crippen molar-refractivity contribution in [3.05, 3.63) is 41.3 Å². The van der Waals surface area contributed by atoms with Crippen molar-refractivity contribution in [1.82, 2.24) is 4.98 Å². The molecule has 0 amide bonds. The molecule has 0 aliphatic carbocycles. The van der Waals surface area contributed by atoms with Crippen molar-refractivity contribution in [2.24, 2.45) is 0 Å². The van der Waals surface area contributed by atoms with E-state index < -0.39 is 5.97 Å². The third kappa shape index (κ3) is 2.02. The van der Waals surface area contributed by atoms with Gasteiger partial charge in [0.2, 0.25) is 5.01 Å². The quantitative estimate of drug-likeness (QED) is 0.851. The van der Waals surface area contributed by atoms with Crippen molar-refractivity contribution in [1.29, 1.82) is 0 Å². The summed E-state index contributed by atoms with van der Waals surface area (Å²) in [6, 6.07) is 5.97. The number of hydrogen-bond donors (Lipinski definition) is 1. The number of halogens is 1. The summed E-state index contributed by atoms with van der Waals surface area (Å²) in [7, 11) is 0. The zero-order valence-electron chi connectivity index (χ0n) is 7.48.